The molecule has 0 bridgehead atoms. The van der Waals surface area contributed by atoms with Crippen LogP contribution in [0.15, 0.2) is 12.4 Å². The van der Waals surface area contributed by atoms with Crippen LogP contribution in [0.4, 0.5) is 0 Å². The lowest BCUT2D eigenvalue weighted by atomic mass is 10.7. The van der Waals surface area contributed by atoms with E-state index in [4.69, 9.17) is 8.42 Å². The first-order valence-corrected chi connectivity index (χ1v) is 6.02. The van der Waals surface area contributed by atoms with Gasteiger partial charge in [0.05, 0.1) is 0 Å². The van der Waals surface area contributed by atoms with Gasteiger partial charge in [-0.2, -0.15) is 8.42 Å². The highest BCUT2D eigenvalue weighted by atomic mass is 36.0. The number of aryl methyl sites for hydroxylation is 2. The number of halogens is 2. The lowest BCUT2D eigenvalue weighted by Gasteiger charge is -1.87. The molecule has 0 radical (unpaired) electrons. The number of nitrogens with zero attached hydrogens (tertiary/aromatic N) is 2. The predicted octanol–water partition coefficient (Wildman–Crippen LogP) is 1.44. The van der Waals surface area contributed by atoms with Gasteiger partial charge in [0.15, 0.2) is 0 Å². The van der Waals surface area contributed by atoms with Crippen LogP contribution in [0.2, 0.25) is 0 Å². The summed E-state index contributed by atoms with van der Waals surface area (Å²) in [5.74, 6) is 1.06. The van der Waals surface area contributed by atoms with Crippen molar-refractivity contribution in [2.45, 2.75) is 6.92 Å². The number of rotatable bonds is 0. The van der Waals surface area contributed by atoms with Crippen LogP contribution in [0, 0.1) is 6.92 Å². The van der Waals surface area contributed by atoms with E-state index in [0.29, 0.717) is 0 Å². The molecule has 1 heterocycles. The van der Waals surface area contributed by atoms with Crippen molar-refractivity contribution >= 4 is 29.6 Å². The molecule has 0 aliphatic carbocycles. The van der Waals surface area contributed by atoms with Gasteiger partial charge in [0.1, 0.15) is 5.82 Å². The molecule has 0 saturated heterocycles. The van der Waals surface area contributed by atoms with Gasteiger partial charge in [-0.3, -0.25) is 0 Å². The van der Waals surface area contributed by atoms with Crippen molar-refractivity contribution in [3.63, 3.8) is 0 Å². The molecule has 0 fully saturated rings. The van der Waals surface area contributed by atoms with Gasteiger partial charge >= 0.3 is 8.26 Å². The number of imidazole rings is 1. The molecular formula is C5H8Cl2N2O2S. The summed E-state index contributed by atoms with van der Waals surface area (Å²) in [6.45, 7) is 1.97. The van der Waals surface area contributed by atoms with Gasteiger partial charge in [-0.15, -0.1) is 0 Å². The third-order valence-corrected chi connectivity index (χ3v) is 1.06. The standard InChI is InChI=1S/C5H8N2.Cl2O2S/c1-5-6-3-4-7(5)2;1-5(2,3)4/h3-4H,1-2H3;. The van der Waals surface area contributed by atoms with Crippen molar-refractivity contribution < 1.29 is 8.42 Å². The van der Waals surface area contributed by atoms with E-state index in [9.17, 15) is 0 Å². The second kappa shape index (κ2) is 4.69. The van der Waals surface area contributed by atoms with Gasteiger partial charge in [0.2, 0.25) is 0 Å². The lowest BCUT2D eigenvalue weighted by molar-refractivity contribution is 0.621. The van der Waals surface area contributed by atoms with Crippen molar-refractivity contribution in [1.29, 1.82) is 0 Å². The van der Waals surface area contributed by atoms with Gasteiger partial charge in [-0.1, -0.05) is 0 Å². The van der Waals surface area contributed by atoms with E-state index < -0.39 is 8.26 Å². The Morgan fingerprint density at radius 2 is 1.92 bits per heavy atom. The number of hydrogen-bond donors (Lipinski definition) is 0. The maximum absolute atomic E-state index is 9.16. The van der Waals surface area contributed by atoms with Gasteiger partial charge in [-0.05, 0) is 6.92 Å². The molecule has 1 aromatic heterocycles. The minimum absolute atomic E-state index is 1.06. The fourth-order valence-electron chi connectivity index (χ4n) is 0.440. The van der Waals surface area contributed by atoms with Crippen LogP contribution < -0.4 is 0 Å². The molecule has 0 amide bonds. The summed E-state index contributed by atoms with van der Waals surface area (Å²) in [7, 11) is 6.79. The van der Waals surface area contributed by atoms with Gasteiger partial charge < -0.3 is 4.57 Å². The Morgan fingerprint density at radius 3 is 2.00 bits per heavy atom. The van der Waals surface area contributed by atoms with Crippen molar-refractivity contribution in [2.24, 2.45) is 7.05 Å². The van der Waals surface area contributed by atoms with E-state index in [1.807, 2.05) is 24.7 Å². The molecule has 0 aromatic carbocycles. The highest BCUT2D eigenvalue weighted by molar-refractivity contribution is 8.31. The summed E-state index contributed by atoms with van der Waals surface area (Å²) >= 11 is 0. The second-order valence-corrected chi connectivity index (χ2v) is 5.63. The zero-order chi connectivity index (χ0) is 9.78. The zero-order valence-corrected chi connectivity index (χ0v) is 8.86. The Morgan fingerprint density at radius 1 is 1.50 bits per heavy atom. The molecule has 7 heteroatoms. The van der Waals surface area contributed by atoms with Crippen LogP contribution >= 0.6 is 21.4 Å². The molecule has 0 N–H and O–H groups in total. The van der Waals surface area contributed by atoms with E-state index in [1.165, 1.54) is 0 Å². The van der Waals surface area contributed by atoms with Crippen LogP contribution in [0.25, 0.3) is 0 Å². The van der Waals surface area contributed by atoms with Crippen molar-refractivity contribution in [1.82, 2.24) is 9.55 Å². The largest absolute Gasteiger partial charge is 0.338 e. The summed E-state index contributed by atoms with van der Waals surface area (Å²) in [4.78, 5) is 3.98. The summed E-state index contributed by atoms with van der Waals surface area (Å²) in [5.41, 5.74) is 0. The highest BCUT2D eigenvalue weighted by Gasteiger charge is 1.88. The Bertz CT molecular complexity index is 308. The van der Waals surface area contributed by atoms with E-state index >= 15 is 0 Å². The molecule has 0 atom stereocenters. The van der Waals surface area contributed by atoms with E-state index in [2.05, 4.69) is 26.3 Å². The molecule has 0 saturated carbocycles. The maximum Gasteiger partial charge on any atom is 0.317 e. The van der Waals surface area contributed by atoms with Crippen molar-refractivity contribution in [3.05, 3.63) is 18.2 Å². The second-order valence-electron chi connectivity index (χ2n) is 1.96. The van der Waals surface area contributed by atoms with E-state index in [0.717, 1.165) is 5.82 Å². The summed E-state index contributed by atoms with van der Waals surface area (Å²) in [5, 5.41) is 0. The molecular weight excluding hydrogens is 223 g/mol. The monoisotopic (exact) mass is 230 g/mol. The van der Waals surface area contributed by atoms with Crippen LogP contribution in [0.3, 0.4) is 0 Å². The highest BCUT2D eigenvalue weighted by Crippen LogP contribution is 1.98. The Kier molecular flexibility index (Phi) is 4.59. The van der Waals surface area contributed by atoms with Crippen LogP contribution in [0.1, 0.15) is 5.82 Å². The first-order valence-electron chi connectivity index (χ1n) is 2.89. The van der Waals surface area contributed by atoms with E-state index in [1.54, 1.807) is 6.20 Å². The molecule has 0 spiro atoms. The minimum atomic E-state index is -3.72. The summed E-state index contributed by atoms with van der Waals surface area (Å²) in [6.07, 6.45) is 3.71. The zero-order valence-electron chi connectivity index (χ0n) is 6.53. The topological polar surface area (TPSA) is 52.0 Å². The van der Waals surface area contributed by atoms with Gasteiger partial charge in [0, 0.05) is 40.8 Å². The molecule has 4 nitrogen and oxygen atoms in total. The van der Waals surface area contributed by atoms with Crippen LogP contribution in [0.5, 0.6) is 0 Å². The first kappa shape index (κ1) is 11.7. The van der Waals surface area contributed by atoms with Crippen molar-refractivity contribution in [2.75, 3.05) is 0 Å². The summed E-state index contributed by atoms with van der Waals surface area (Å²) in [6, 6.07) is 0. The molecule has 1 aromatic rings. The third-order valence-electron chi connectivity index (χ3n) is 1.06. The minimum Gasteiger partial charge on any atom is -0.338 e. The Balaban J connectivity index is 0.000000217. The fourth-order valence-corrected chi connectivity index (χ4v) is 0.440. The number of aromatic nitrogens is 2. The number of hydrogen-bond acceptors (Lipinski definition) is 3. The predicted molar refractivity (Wildman–Crippen MR) is 48.6 cm³/mol. The maximum atomic E-state index is 9.16. The molecule has 0 aliphatic heterocycles. The molecule has 0 unspecified atom stereocenters. The summed E-state index contributed by atoms with van der Waals surface area (Å²) < 4.78 is 20.3. The Labute approximate surface area is 80.0 Å². The van der Waals surface area contributed by atoms with Gasteiger partial charge in [-0.25, -0.2) is 4.98 Å². The smallest absolute Gasteiger partial charge is 0.317 e. The third kappa shape index (κ3) is 7.84. The van der Waals surface area contributed by atoms with E-state index in [-0.39, 0.29) is 0 Å². The average Bonchev–Trinajstić information content (AvgIpc) is 2.12. The van der Waals surface area contributed by atoms with Crippen molar-refractivity contribution in [3.8, 4) is 0 Å². The quantitative estimate of drug-likeness (QED) is 0.635. The van der Waals surface area contributed by atoms with Crippen LogP contribution in [-0.4, -0.2) is 18.0 Å². The molecule has 1 rings (SSSR count). The van der Waals surface area contributed by atoms with Crippen LogP contribution in [-0.2, 0) is 15.3 Å². The Hall–Kier alpha value is -0.260. The fraction of sp³-hybridized carbons (Fsp3) is 0.400. The molecule has 0 aliphatic rings. The van der Waals surface area contributed by atoms with Gasteiger partial charge in [0.25, 0.3) is 0 Å². The SMILES string of the molecule is Cc1nccn1C.O=S(=O)(Cl)Cl. The normalized spacial score (nSPS) is 10.3. The lowest BCUT2D eigenvalue weighted by Crippen LogP contribution is -1.86. The molecule has 12 heavy (non-hydrogen) atoms. The molecule has 70 valence electrons. The average molecular weight is 231 g/mol. The first-order chi connectivity index (χ1) is 5.30.